The Morgan fingerprint density at radius 3 is 2.40 bits per heavy atom. The summed E-state index contributed by atoms with van der Waals surface area (Å²) in [6, 6.07) is 8.48. The van der Waals surface area contributed by atoms with E-state index >= 15 is 0 Å². The second-order valence-corrected chi connectivity index (χ2v) is 6.25. The van der Waals surface area contributed by atoms with Gasteiger partial charge in [-0.05, 0) is 60.6 Å². The van der Waals surface area contributed by atoms with Gasteiger partial charge in [-0.1, -0.05) is 18.2 Å². The van der Waals surface area contributed by atoms with Gasteiger partial charge in [0.2, 0.25) is 0 Å². The van der Waals surface area contributed by atoms with Crippen LogP contribution in [0.15, 0.2) is 36.4 Å². The van der Waals surface area contributed by atoms with Gasteiger partial charge < -0.3 is 11.1 Å². The molecule has 2 aromatic rings. The van der Waals surface area contributed by atoms with E-state index in [1.54, 1.807) is 6.07 Å². The maximum absolute atomic E-state index is 12.6. The summed E-state index contributed by atoms with van der Waals surface area (Å²) in [7, 11) is 0. The Balaban J connectivity index is 1.73. The van der Waals surface area contributed by atoms with E-state index in [1.165, 1.54) is 12.1 Å². The third-order valence-electron chi connectivity index (χ3n) is 4.53. The van der Waals surface area contributed by atoms with Crippen LogP contribution in [0.1, 0.15) is 45.5 Å². The molecule has 1 amide bonds. The van der Waals surface area contributed by atoms with Gasteiger partial charge in [-0.25, -0.2) is 0 Å². The van der Waals surface area contributed by atoms with Gasteiger partial charge in [0.25, 0.3) is 5.91 Å². The number of nitrogens with two attached hydrogens (primary N) is 1. The predicted octanol–water partition coefficient (Wildman–Crippen LogP) is 4.10. The van der Waals surface area contributed by atoms with Crippen molar-refractivity contribution >= 4 is 11.6 Å². The van der Waals surface area contributed by atoms with Crippen LogP contribution < -0.4 is 11.1 Å². The van der Waals surface area contributed by atoms with Crippen LogP contribution in [0.25, 0.3) is 0 Å². The lowest BCUT2D eigenvalue weighted by Crippen LogP contribution is -2.26. The molecule has 1 aliphatic rings. The quantitative estimate of drug-likeness (QED) is 0.821. The Labute approximate surface area is 144 Å². The number of carbonyl (C=O) groups is 1. The van der Waals surface area contributed by atoms with E-state index in [4.69, 9.17) is 5.73 Å². The van der Waals surface area contributed by atoms with Crippen molar-refractivity contribution in [1.29, 1.82) is 0 Å². The van der Waals surface area contributed by atoms with Crippen molar-refractivity contribution < 1.29 is 18.0 Å². The van der Waals surface area contributed by atoms with Crippen LogP contribution in [0, 0.1) is 0 Å². The van der Waals surface area contributed by atoms with Gasteiger partial charge in [0.15, 0.2) is 0 Å². The Kier molecular flexibility index (Phi) is 4.70. The molecule has 0 aromatic heterocycles. The highest BCUT2D eigenvalue weighted by Gasteiger charge is 2.30. The molecule has 3 N–H and O–H groups in total. The molecule has 25 heavy (non-hydrogen) atoms. The number of aryl methyl sites for hydroxylation is 1. The number of amides is 1. The Morgan fingerprint density at radius 1 is 1.04 bits per heavy atom. The van der Waals surface area contributed by atoms with Crippen molar-refractivity contribution in [3.05, 3.63) is 64.2 Å². The third-order valence-corrected chi connectivity index (χ3v) is 4.53. The van der Waals surface area contributed by atoms with E-state index < -0.39 is 11.7 Å². The summed E-state index contributed by atoms with van der Waals surface area (Å²) in [6.45, 7) is 0.153. The lowest BCUT2D eigenvalue weighted by molar-refractivity contribution is -0.137. The van der Waals surface area contributed by atoms with Gasteiger partial charge in [-0.3, -0.25) is 4.79 Å². The topological polar surface area (TPSA) is 55.1 Å². The molecular formula is C19H19F3N2O. The molecule has 6 heteroatoms. The van der Waals surface area contributed by atoms with E-state index in [0.29, 0.717) is 16.8 Å². The molecule has 0 bridgehead atoms. The summed E-state index contributed by atoms with van der Waals surface area (Å²) in [6.07, 6.45) is -0.475. The second kappa shape index (κ2) is 6.78. The first-order valence-corrected chi connectivity index (χ1v) is 8.21. The zero-order valence-electron chi connectivity index (χ0n) is 13.6. The highest BCUT2D eigenvalue weighted by Crippen LogP contribution is 2.30. The number of nitrogen functional groups attached to an aromatic ring is 1. The van der Waals surface area contributed by atoms with E-state index in [0.717, 1.165) is 48.9 Å². The molecule has 0 aliphatic heterocycles. The molecule has 0 unspecified atom stereocenters. The molecule has 0 saturated carbocycles. The van der Waals surface area contributed by atoms with E-state index in [2.05, 4.69) is 5.32 Å². The zero-order chi connectivity index (χ0) is 18.0. The normalized spacial score (nSPS) is 14.0. The smallest absolute Gasteiger partial charge is 0.398 e. The fourth-order valence-electron chi connectivity index (χ4n) is 3.20. The lowest BCUT2D eigenvalue weighted by Gasteiger charge is -2.20. The number of halogens is 3. The highest BCUT2D eigenvalue weighted by molar-refractivity contribution is 6.01. The minimum Gasteiger partial charge on any atom is -0.398 e. The number of hydrogen-bond donors (Lipinski definition) is 2. The van der Waals surface area contributed by atoms with Gasteiger partial charge in [-0.15, -0.1) is 0 Å². The first-order chi connectivity index (χ1) is 11.9. The summed E-state index contributed by atoms with van der Waals surface area (Å²) in [5, 5.41) is 2.76. The van der Waals surface area contributed by atoms with Crippen LogP contribution in [0.2, 0.25) is 0 Å². The number of benzene rings is 2. The molecule has 0 heterocycles. The first-order valence-electron chi connectivity index (χ1n) is 8.21. The number of carbonyl (C=O) groups excluding carboxylic acids is 1. The molecule has 0 saturated heterocycles. The van der Waals surface area contributed by atoms with Gasteiger partial charge in [0.05, 0.1) is 11.1 Å². The van der Waals surface area contributed by atoms with Crippen LogP contribution in [-0.2, 0) is 25.6 Å². The fraction of sp³-hybridized carbons (Fsp3) is 0.316. The number of nitrogens with one attached hydrogen (secondary N) is 1. The highest BCUT2D eigenvalue weighted by atomic mass is 19.4. The van der Waals surface area contributed by atoms with Gasteiger partial charge in [0, 0.05) is 12.2 Å². The molecule has 0 radical (unpaired) electrons. The molecule has 3 rings (SSSR count). The average molecular weight is 348 g/mol. The minimum atomic E-state index is -4.36. The Bertz CT molecular complexity index is 782. The number of hydrogen-bond acceptors (Lipinski definition) is 2. The Hall–Kier alpha value is -2.50. The standard InChI is InChI=1S/C19H19F3N2O/c20-19(21,22)14-8-5-12(6-9-14)11-24-18(25)17-15-4-2-1-3-13(15)7-10-16(17)23/h5-10H,1-4,11,23H2,(H,24,25). The second-order valence-electron chi connectivity index (χ2n) is 6.25. The first kappa shape index (κ1) is 17.3. The summed E-state index contributed by atoms with van der Waals surface area (Å²) in [5.41, 5.74) is 8.98. The van der Waals surface area contributed by atoms with Gasteiger partial charge in [0.1, 0.15) is 0 Å². The van der Waals surface area contributed by atoms with Gasteiger partial charge >= 0.3 is 6.18 Å². The van der Waals surface area contributed by atoms with Crippen LogP contribution in [0.5, 0.6) is 0 Å². The largest absolute Gasteiger partial charge is 0.416 e. The molecule has 2 aromatic carbocycles. The van der Waals surface area contributed by atoms with Crippen LogP contribution in [0.3, 0.4) is 0 Å². The summed E-state index contributed by atoms with van der Waals surface area (Å²) < 4.78 is 37.7. The molecule has 0 atom stereocenters. The van der Waals surface area contributed by atoms with Crippen molar-refractivity contribution in [3.63, 3.8) is 0 Å². The molecule has 132 valence electrons. The van der Waals surface area contributed by atoms with E-state index in [1.807, 2.05) is 6.07 Å². The van der Waals surface area contributed by atoms with Crippen molar-refractivity contribution in [3.8, 4) is 0 Å². The lowest BCUT2D eigenvalue weighted by atomic mass is 9.87. The zero-order valence-corrected chi connectivity index (χ0v) is 13.6. The SMILES string of the molecule is Nc1ccc2c(c1C(=O)NCc1ccc(C(F)(F)F)cc1)CCCC2. The van der Waals surface area contributed by atoms with Crippen molar-refractivity contribution in [2.24, 2.45) is 0 Å². The van der Waals surface area contributed by atoms with Gasteiger partial charge in [-0.2, -0.15) is 13.2 Å². The van der Waals surface area contributed by atoms with Crippen molar-refractivity contribution in [1.82, 2.24) is 5.32 Å². The van der Waals surface area contributed by atoms with Crippen molar-refractivity contribution in [2.75, 3.05) is 5.73 Å². The predicted molar refractivity (Wildman–Crippen MR) is 90.1 cm³/mol. The Morgan fingerprint density at radius 2 is 1.72 bits per heavy atom. The molecule has 0 fully saturated rings. The molecule has 0 spiro atoms. The van der Waals surface area contributed by atoms with Crippen LogP contribution in [-0.4, -0.2) is 5.91 Å². The number of fused-ring (bicyclic) bond motifs is 1. The maximum Gasteiger partial charge on any atom is 0.416 e. The van der Waals surface area contributed by atoms with Crippen molar-refractivity contribution in [2.45, 2.75) is 38.4 Å². The van der Waals surface area contributed by atoms with Crippen LogP contribution >= 0.6 is 0 Å². The van der Waals surface area contributed by atoms with E-state index in [9.17, 15) is 18.0 Å². The number of alkyl halides is 3. The fourth-order valence-corrected chi connectivity index (χ4v) is 3.20. The summed E-state index contributed by atoms with van der Waals surface area (Å²) >= 11 is 0. The number of anilines is 1. The maximum atomic E-state index is 12.6. The molecule has 1 aliphatic carbocycles. The number of rotatable bonds is 3. The molecule has 3 nitrogen and oxygen atoms in total. The van der Waals surface area contributed by atoms with Crippen LogP contribution in [0.4, 0.5) is 18.9 Å². The summed E-state index contributed by atoms with van der Waals surface area (Å²) in [5.74, 6) is -0.281. The van der Waals surface area contributed by atoms with E-state index in [-0.39, 0.29) is 12.5 Å². The molecular weight excluding hydrogens is 329 g/mol. The average Bonchev–Trinajstić information content (AvgIpc) is 2.59. The minimum absolute atomic E-state index is 0.153. The third kappa shape index (κ3) is 3.78. The summed E-state index contributed by atoms with van der Waals surface area (Å²) in [4.78, 5) is 12.6. The monoisotopic (exact) mass is 348 g/mol.